The molecule has 1 unspecified atom stereocenters. The van der Waals surface area contributed by atoms with Crippen LogP contribution in [0.3, 0.4) is 0 Å². The van der Waals surface area contributed by atoms with Crippen molar-refractivity contribution in [2.45, 2.75) is 91.9 Å². The Morgan fingerprint density at radius 1 is 0.917 bits per heavy atom. The molecule has 3 atom stereocenters. The van der Waals surface area contributed by atoms with E-state index in [1.165, 1.54) is 24.5 Å². The quantitative estimate of drug-likeness (QED) is 0.481. The maximum Gasteiger partial charge on any atom is 0.229 e. The van der Waals surface area contributed by atoms with Gasteiger partial charge in [0.1, 0.15) is 18.2 Å². The molecule has 2 aliphatic heterocycles. The number of sulfonamides is 1. The van der Waals surface area contributed by atoms with Gasteiger partial charge in [0.2, 0.25) is 21.8 Å². The van der Waals surface area contributed by atoms with Crippen LogP contribution in [-0.4, -0.2) is 59.8 Å². The molecule has 4 fully saturated rings. The number of rotatable bonds is 8. The Bertz CT molecular complexity index is 1390. The van der Waals surface area contributed by atoms with Crippen LogP contribution in [0.5, 0.6) is 17.5 Å². The van der Waals surface area contributed by atoms with E-state index in [0.717, 1.165) is 25.7 Å². The van der Waals surface area contributed by atoms with Gasteiger partial charge in [-0.25, -0.2) is 26.8 Å². The summed E-state index contributed by atoms with van der Waals surface area (Å²) >= 11 is 6.36. The van der Waals surface area contributed by atoms with E-state index >= 15 is 0 Å². The summed E-state index contributed by atoms with van der Waals surface area (Å²) < 4.78 is 64.7. The molecule has 9 nitrogen and oxygen atoms in total. The van der Waals surface area contributed by atoms with Gasteiger partial charge in [0, 0.05) is 24.9 Å². The Balaban J connectivity index is 1.16. The predicted octanol–water partition coefficient (Wildman–Crippen LogP) is 4.03. The Hall–Kier alpha value is -1.95. The van der Waals surface area contributed by atoms with Gasteiger partial charge in [0.05, 0.1) is 26.0 Å². The summed E-state index contributed by atoms with van der Waals surface area (Å²) in [5.41, 5.74) is 0.587. The largest absolute Gasteiger partial charge is 0.474 e. The van der Waals surface area contributed by atoms with Crippen LogP contribution in [0.4, 0.5) is 0 Å². The number of nitrogens with zero attached hydrogens (tertiary/aromatic N) is 3. The van der Waals surface area contributed by atoms with Crippen molar-refractivity contribution in [1.82, 2.24) is 14.3 Å². The second kappa shape index (κ2) is 8.82. The number of hydrogen-bond donors (Lipinski definition) is 0. The van der Waals surface area contributed by atoms with E-state index in [9.17, 15) is 16.8 Å². The smallest absolute Gasteiger partial charge is 0.229 e. The molecule has 2 saturated carbocycles. The predicted molar refractivity (Wildman–Crippen MR) is 133 cm³/mol. The number of aromatic nitrogens is 2. The first-order valence-electron chi connectivity index (χ1n) is 12.4. The Morgan fingerprint density at radius 2 is 1.56 bits per heavy atom. The fraction of sp³-hybridized carbons (Fsp3) is 0.583. The van der Waals surface area contributed by atoms with Gasteiger partial charge in [-0.2, -0.15) is 4.31 Å². The van der Waals surface area contributed by atoms with Crippen molar-refractivity contribution in [1.29, 1.82) is 0 Å². The van der Waals surface area contributed by atoms with Crippen LogP contribution in [-0.2, 0) is 19.9 Å². The van der Waals surface area contributed by atoms with Crippen LogP contribution in [0.1, 0.15) is 56.9 Å². The minimum absolute atomic E-state index is 0.0264. The molecular formula is C24H28ClN3O6S2. The molecule has 4 aliphatic rings. The van der Waals surface area contributed by atoms with Crippen LogP contribution in [0.2, 0.25) is 5.02 Å². The van der Waals surface area contributed by atoms with E-state index in [4.69, 9.17) is 21.1 Å². The molecule has 0 spiro atoms. The van der Waals surface area contributed by atoms with E-state index in [1.54, 1.807) is 11.2 Å². The first-order valence-corrected chi connectivity index (χ1v) is 15.8. The van der Waals surface area contributed by atoms with Gasteiger partial charge in [-0.05, 0) is 63.6 Å². The summed E-state index contributed by atoms with van der Waals surface area (Å²) in [6, 6.07) is 4.40. The lowest BCUT2D eigenvalue weighted by atomic mass is 10.0. The monoisotopic (exact) mass is 553 g/mol. The maximum absolute atomic E-state index is 12.9. The van der Waals surface area contributed by atoms with Crippen LogP contribution in [0, 0.1) is 6.92 Å². The van der Waals surface area contributed by atoms with Crippen LogP contribution in [0.25, 0.3) is 0 Å². The molecule has 1 aromatic heterocycles. The highest BCUT2D eigenvalue weighted by Gasteiger charge is 2.52. The Labute approximate surface area is 216 Å². The van der Waals surface area contributed by atoms with Gasteiger partial charge >= 0.3 is 0 Å². The number of hydrogen-bond acceptors (Lipinski definition) is 8. The SMILES string of the molecule is Cc1c(Oc2ccc(S(=O)(=O)C3CC3)cc2Cl)ncnc1O[C@H]1CC2CC[C@@H](C1)N2S(=O)(=O)C1CC1. The van der Waals surface area contributed by atoms with Crippen molar-refractivity contribution >= 4 is 31.5 Å². The summed E-state index contributed by atoms with van der Waals surface area (Å²) in [7, 11) is -6.56. The van der Waals surface area contributed by atoms with E-state index < -0.39 is 19.9 Å². The van der Waals surface area contributed by atoms with Gasteiger partial charge in [0.15, 0.2) is 9.84 Å². The average molecular weight is 554 g/mol. The van der Waals surface area contributed by atoms with E-state index in [1.807, 2.05) is 0 Å². The van der Waals surface area contributed by atoms with Crippen molar-refractivity contribution in [3.63, 3.8) is 0 Å². The van der Waals surface area contributed by atoms with Crippen molar-refractivity contribution in [3.8, 4) is 17.5 Å². The van der Waals surface area contributed by atoms with E-state index in [0.29, 0.717) is 37.1 Å². The number of benzene rings is 1. The maximum atomic E-state index is 12.9. The van der Waals surface area contributed by atoms with Crippen molar-refractivity contribution < 1.29 is 26.3 Å². The van der Waals surface area contributed by atoms with Crippen LogP contribution >= 0.6 is 11.6 Å². The molecule has 6 rings (SSSR count). The second-order valence-electron chi connectivity index (χ2n) is 10.2. The third-order valence-corrected chi connectivity index (χ3v) is 12.6. The number of ether oxygens (including phenoxy) is 2. The Kier molecular flexibility index (Phi) is 5.97. The van der Waals surface area contributed by atoms with Crippen LogP contribution < -0.4 is 9.47 Å². The molecular weight excluding hydrogens is 526 g/mol. The van der Waals surface area contributed by atoms with Crippen molar-refractivity contribution in [2.24, 2.45) is 0 Å². The zero-order valence-electron chi connectivity index (χ0n) is 19.8. The lowest BCUT2D eigenvalue weighted by Crippen LogP contribution is -2.50. The molecule has 36 heavy (non-hydrogen) atoms. The number of sulfone groups is 1. The highest BCUT2D eigenvalue weighted by molar-refractivity contribution is 7.92. The standard InChI is InChI=1S/C24H28ClN3O6S2/c1-14-23(33-17-10-15-2-3-16(11-17)28(15)36(31,32)19-6-7-19)26-13-27-24(14)34-22-9-8-20(12-21(22)25)35(29,30)18-4-5-18/h8-9,12-13,15-19H,2-7,10-11H2,1H3/t15-,16?,17+/m0/s1. The first kappa shape index (κ1) is 24.4. The minimum Gasteiger partial charge on any atom is -0.474 e. The molecule has 2 bridgehead atoms. The summed E-state index contributed by atoms with van der Waals surface area (Å²) in [6.45, 7) is 1.78. The molecule has 194 valence electrons. The van der Waals surface area contributed by atoms with Crippen molar-refractivity contribution in [3.05, 3.63) is 35.1 Å². The third-order valence-electron chi connectivity index (χ3n) is 7.53. The second-order valence-corrected chi connectivity index (χ2v) is 15.0. The molecule has 0 N–H and O–H groups in total. The molecule has 12 heteroatoms. The highest BCUT2D eigenvalue weighted by atomic mass is 35.5. The molecule has 0 amide bonds. The summed E-state index contributed by atoms with van der Waals surface area (Å²) in [5, 5.41) is -0.338. The molecule has 1 aromatic carbocycles. The number of halogens is 1. The molecule has 3 heterocycles. The number of piperidine rings is 1. The zero-order chi connectivity index (χ0) is 25.2. The molecule has 2 aliphatic carbocycles. The lowest BCUT2D eigenvalue weighted by molar-refractivity contribution is 0.0906. The van der Waals surface area contributed by atoms with Gasteiger partial charge in [-0.15, -0.1) is 0 Å². The normalized spacial score (nSPS) is 26.7. The number of fused-ring (bicyclic) bond motifs is 2. The third kappa shape index (κ3) is 4.37. The van der Waals surface area contributed by atoms with Gasteiger partial charge < -0.3 is 9.47 Å². The van der Waals surface area contributed by atoms with Gasteiger partial charge in [0.25, 0.3) is 0 Å². The summed E-state index contributed by atoms with van der Waals surface area (Å²) in [5.74, 6) is 0.930. The molecule has 2 saturated heterocycles. The van der Waals surface area contributed by atoms with Gasteiger partial charge in [-0.1, -0.05) is 11.6 Å². The fourth-order valence-corrected chi connectivity index (χ4v) is 9.60. The topological polar surface area (TPSA) is 116 Å². The highest BCUT2D eigenvalue weighted by Crippen LogP contribution is 2.44. The Morgan fingerprint density at radius 3 is 2.17 bits per heavy atom. The molecule has 0 radical (unpaired) electrons. The molecule has 2 aromatic rings. The van der Waals surface area contributed by atoms with Gasteiger partial charge in [-0.3, -0.25) is 0 Å². The van der Waals surface area contributed by atoms with Crippen molar-refractivity contribution in [2.75, 3.05) is 0 Å². The van der Waals surface area contributed by atoms with E-state index in [-0.39, 0.29) is 50.2 Å². The average Bonchev–Trinajstić information content (AvgIpc) is 3.73. The summed E-state index contributed by atoms with van der Waals surface area (Å²) in [6.07, 6.45) is 7.07. The van der Waals surface area contributed by atoms with E-state index in [2.05, 4.69) is 9.97 Å². The summed E-state index contributed by atoms with van der Waals surface area (Å²) in [4.78, 5) is 8.69. The first-order chi connectivity index (χ1) is 17.1. The minimum atomic E-state index is -3.35. The fourth-order valence-electron chi connectivity index (χ4n) is 5.35. The lowest BCUT2D eigenvalue weighted by Gasteiger charge is -2.37. The van der Waals surface area contributed by atoms with Crippen LogP contribution in [0.15, 0.2) is 29.4 Å². The zero-order valence-corrected chi connectivity index (χ0v) is 22.2.